The predicted octanol–water partition coefficient (Wildman–Crippen LogP) is 4.24. The highest BCUT2D eigenvalue weighted by molar-refractivity contribution is 14.0. The lowest BCUT2D eigenvalue weighted by Gasteiger charge is -2.22. The third-order valence-electron chi connectivity index (χ3n) is 5.03. The fourth-order valence-corrected chi connectivity index (χ4v) is 4.49. The highest BCUT2D eigenvalue weighted by Crippen LogP contribution is 2.25. The number of carbonyl (C=O) groups excluding carboxylic acids is 1. The number of aliphatic imine (C=N–C) groups is 1. The molecule has 0 aliphatic carbocycles. The second kappa shape index (κ2) is 12.8. The van der Waals surface area contributed by atoms with Crippen molar-refractivity contribution in [1.82, 2.24) is 15.5 Å². The molecule has 1 amide bonds. The van der Waals surface area contributed by atoms with Crippen LogP contribution in [0.25, 0.3) is 0 Å². The first kappa shape index (κ1) is 24.5. The molecule has 0 saturated carbocycles. The number of carbonyl (C=O) groups is 1. The first-order valence-corrected chi connectivity index (χ1v) is 11.2. The molecule has 0 spiro atoms. The summed E-state index contributed by atoms with van der Waals surface area (Å²) >= 11 is 1.94. The molecule has 1 heterocycles. The van der Waals surface area contributed by atoms with Crippen LogP contribution >= 0.6 is 35.7 Å². The fraction of sp³-hybridized carbons (Fsp3) is 0.391. The zero-order valence-corrected chi connectivity index (χ0v) is 20.8. The maximum absolute atomic E-state index is 11.9. The van der Waals surface area contributed by atoms with Gasteiger partial charge in [-0.3, -0.25) is 9.79 Å². The van der Waals surface area contributed by atoms with Gasteiger partial charge in [0, 0.05) is 49.4 Å². The first-order valence-electron chi connectivity index (χ1n) is 10.2. The van der Waals surface area contributed by atoms with Crippen molar-refractivity contribution in [3.8, 4) is 0 Å². The molecule has 1 aliphatic heterocycles. The molecule has 5 nitrogen and oxygen atoms in total. The van der Waals surface area contributed by atoms with Gasteiger partial charge in [-0.2, -0.15) is 0 Å². The Labute approximate surface area is 201 Å². The third kappa shape index (κ3) is 7.19. The van der Waals surface area contributed by atoms with Gasteiger partial charge >= 0.3 is 0 Å². The summed E-state index contributed by atoms with van der Waals surface area (Å²) in [6.07, 6.45) is 1.20. The van der Waals surface area contributed by atoms with Crippen LogP contribution in [-0.4, -0.2) is 49.2 Å². The summed E-state index contributed by atoms with van der Waals surface area (Å²) in [7, 11) is 1.84. The van der Waals surface area contributed by atoms with Gasteiger partial charge in [0.1, 0.15) is 0 Å². The van der Waals surface area contributed by atoms with E-state index >= 15 is 0 Å². The molecular formula is C23H31IN4OS. The molecule has 2 aromatic carbocycles. The van der Waals surface area contributed by atoms with E-state index in [-0.39, 0.29) is 29.9 Å². The average molecular weight is 538 g/mol. The summed E-state index contributed by atoms with van der Waals surface area (Å²) in [6.45, 7) is 5.33. The van der Waals surface area contributed by atoms with Crippen molar-refractivity contribution in [3.05, 3.63) is 65.7 Å². The summed E-state index contributed by atoms with van der Waals surface area (Å²) in [5.41, 5.74) is 1.83. The van der Waals surface area contributed by atoms with Gasteiger partial charge in [-0.25, -0.2) is 0 Å². The summed E-state index contributed by atoms with van der Waals surface area (Å²) in [5.74, 6) is 2.73. The lowest BCUT2D eigenvalue weighted by Crippen LogP contribution is -2.39. The monoisotopic (exact) mass is 538 g/mol. The Balaban J connectivity index is 0.00000320. The molecule has 2 N–H and O–H groups in total. The number of nitrogens with zero attached hydrogens (tertiary/aromatic N) is 2. The normalized spacial score (nSPS) is 16.1. The molecule has 1 aliphatic rings. The number of benzene rings is 2. The zero-order valence-electron chi connectivity index (χ0n) is 17.6. The van der Waals surface area contributed by atoms with E-state index in [1.165, 1.54) is 11.3 Å². The largest absolute Gasteiger partial charge is 0.352 e. The van der Waals surface area contributed by atoms with Crippen LogP contribution in [0.15, 0.2) is 64.5 Å². The van der Waals surface area contributed by atoms with E-state index in [1.54, 1.807) is 0 Å². The molecule has 2 aromatic rings. The Morgan fingerprint density at radius 2 is 1.87 bits per heavy atom. The molecule has 3 rings (SSSR count). The smallest absolute Gasteiger partial charge is 0.251 e. The van der Waals surface area contributed by atoms with Crippen molar-refractivity contribution in [3.63, 3.8) is 0 Å². The molecule has 1 atom stereocenters. The van der Waals surface area contributed by atoms with E-state index in [2.05, 4.69) is 50.9 Å². The summed E-state index contributed by atoms with van der Waals surface area (Å²) in [4.78, 5) is 20.0. The van der Waals surface area contributed by atoms with Crippen molar-refractivity contribution >= 4 is 47.6 Å². The minimum atomic E-state index is -0.0284. The summed E-state index contributed by atoms with van der Waals surface area (Å²) < 4.78 is 0. The van der Waals surface area contributed by atoms with Gasteiger partial charge in [0.05, 0.1) is 0 Å². The van der Waals surface area contributed by atoms with E-state index in [9.17, 15) is 4.79 Å². The number of hydrogen-bond acceptors (Lipinski definition) is 3. The van der Waals surface area contributed by atoms with Crippen LogP contribution in [-0.2, 0) is 6.54 Å². The molecule has 0 bridgehead atoms. The quantitative estimate of drug-likeness (QED) is 0.240. The van der Waals surface area contributed by atoms with Crippen LogP contribution in [0.3, 0.4) is 0 Å². The number of likely N-dealkylation sites (tertiary alicyclic amines) is 1. The highest BCUT2D eigenvalue weighted by Gasteiger charge is 2.24. The molecular weight excluding hydrogens is 507 g/mol. The van der Waals surface area contributed by atoms with Crippen LogP contribution in [0.5, 0.6) is 0 Å². The van der Waals surface area contributed by atoms with Crippen LogP contribution in [0.4, 0.5) is 0 Å². The maximum Gasteiger partial charge on any atom is 0.251 e. The Morgan fingerprint density at radius 3 is 2.53 bits per heavy atom. The Hall–Kier alpha value is -1.74. The lowest BCUT2D eigenvalue weighted by molar-refractivity contribution is 0.0956. The number of rotatable bonds is 7. The van der Waals surface area contributed by atoms with Gasteiger partial charge in [0.15, 0.2) is 5.96 Å². The molecule has 1 fully saturated rings. The molecule has 30 heavy (non-hydrogen) atoms. The number of nitrogens with one attached hydrogen (secondary N) is 2. The van der Waals surface area contributed by atoms with Crippen LogP contribution in [0.1, 0.15) is 29.3 Å². The van der Waals surface area contributed by atoms with Crippen molar-refractivity contribution in [2.24, 2.45) is 10.9 Å². The Kier molecular flexibility index (Phi) is 10.5. The van der Waals surface area contributed by atoms with Crippen molar-refractivity contribution < 1.29 is 4.79 Å². The molecule has 7 heteroatoms. The topological polar surface area (TPSA) is 56.7 Å². The standard InChI is InChI=1S/C23H30N4OS.HI/c1-3-25-22(28)20-11-9-18(10-12-20)15-26-23(24-2)27-14-13-19(16-27)17-29-21-7-5-4-6-8-21;/h4-12,19H,3,13-17H2,1-2H3,(H,24,26)(H,25,28);1H. The third-order valence-corrected chi connectivity index (χ3v) is 6.27. The van der Waals surface area contributed by atoms with Gasteiger partial charge in [0.2, 0.25) is 0 Å². The van der Waals surface area contributed by atoms with Gasteiger partial charge in [-0.15, -0.1) is 35.7 Å². The Morgan fingerprint density at radius 1 is 1.13 bits per heavy atom. The van der Waals surface area contributed by atoms with Gasteiger partial charge < -0.3 is 15.5 Å². The fourth-order valence-electron chi connectivity index (χ4n) is 3.44. The molecule has 0 radical (unpaired) electrons. The van der Waals surface area contributed by atoms with Gasteiger partial charge in [-0.05, 0) is 49.1 Å². The van der Waals surface area contributed by atoms with Crippen molar-refractivity contribution in [1.29, 1.82) is 0 Å². The molecule has 1 saturated heterocycles. The number of amides is 1. The highest BCUT2D eigenvalue weighted by atomic mass is 127. The minimum Gasteiger partial charge on any atom is -0.352 e. The molecule has 0 aromatic heterocycles. The van der Waals surface area contributed by atoms with Crippen molar-refractivity contribution in [2.75, 3.05) is 32.4 Å². The summed E-state index contributed by atoms with van der Waals surface area (Å²) in [5, 5.41) is 6.28. The predicted molar refractivity (Wildman–Crippen MR) is 137 cm³/mol. The second-order valence-corrected chi connectivity index (χ2v) is 8.28. The van der Waals surface area contributed by atoms with Crippen LogP contribution in [0, 0.1) is 5.92 Å². The summed E-state index contributed by atoms with van der Waals surface area (Å²) in [6, 6.07) is 18.3. The van der Waals surface area contributed by atoms with E-state index in [1.807, 2.05) is 50.0 Å². The van der Waals surface area contributed by atoms with E-state index in [0.717, 1.165) is 30.4 Å². The van der Waals surface area contributed by atoms with E-state index in [0.29, 0.717) is 24.6 Å². The average Bonchev–Trinajstić information content (AvgIpc) is 3.23. The number of hydrogen-bond donors (Lipinski definition) is 2. The van der Waals surface area contributed by atoms with E-state index < -0.39 is 0 Å². The maximum atomic E-state index is 11.9. The minimum absolute atomic E-state index is 0. The second-order valence-electron chi connectivity index (χ2n) is 7.18. The zero-order chi connectivity index (χ0) is 20.5. The van der Waals surface area contributed by atoms with E-state index in [4.69, 9.17) is 0 Å². The SMILES string of the molecule is CCNC(=O)c1ccc(CNC(=NC)N2CCC(CSc3ccccc3)C2)cc1.I. The Bertz CT molecular complexity index is 814. The van der Waals surface area contributed by atoms with Crippen molar-refractivity contribution in [2.45, 2.75) is 24.8 Å². The van der Waals surface area contributed by atoms with Crippen LogP contribution < -0.4 is 10.6 Å². The molecule has 1 unspecified atom stereocenters. The first-order chi connectivity index (χ1) is 14.2. The molecule has 162 valence electrons. The number of halogens is 1. The lowest BCUT2D eigenvalue weighted by atomic mass is 10.1. The number of thioether (sulfide) groups is 1. The number of guanidine groups is 1. The van der Waals surface area contributed by atoms with Crippen LogP contribution in [0.2, 0.25) is 0 Å². The van der Waals surface area contributed by atoms with Gasteiger partial charge in [-0.1, -0.05) is 30.3 Å². The van der Waals surface area contributed by atoms with Gasteiger partial charge in [0.25, 0.3) is 5.91 Å².